The second kappa shape index (κ2) is 5.70. The van der Waals surface area contributed by atoms with Crippen molar-refractivity contribution in [2.24, 2.45) is 0 Å². The number of hydrogen-bond acceptors (Lipinski definition) is 4. The van der Waals surface area contributed by atoms with Crippen molar-refractivity contribution >= 4 is 5.82 Å². The summed E-state index contributed by atoms with van der Waals surface area (Å²) >= 11 is 0. The normalized spacial score (nSPS) is 15.8. The summed E-state index contributed by atoms with van der Waals surface area (Å²) in [6.07, 6.45) is 7.63. The van der Waals surface area contributed by atoms with Crippen molar-refractivity contribution < 1.29 is 0 Å². The average molecular weight is 264 g/mol. The smallest absolute Gasteiger partial charge is 0.128 e. The highest BCUT2D eigenvalue weighted by atomic mass is 15.2. The summed E-state index contributed by atoms with van der Waals surface area (Å²) in [6, 6.07) is 10.1. The lowest BCUT2D eigenvalue weighted by Crippen LogP contribution is -2.33. The molecule has 0 atom stereocenters. The van der Waals surface area contributed by atoms with Gasteiger partial charge in [-0.05, 0) is 48.6 Å². The molecule has 0 aromatic carbocycles. The van der Waals surface area contributed by atoms with Crippen LogP contribution in [-0.2, 0) is 0 Å². The molecule has 0 bridgehead atoms. The number of pyridine rings is 2. The second-order valence-corrected chi connectivity index (χ2v) is 5.06. The summed E-state index contributed by atoms with van der Waals surface area (Å²) < 4.78 is 0. The van der Waals surface area contributed by atoms with E-state index in [0.717, 1.165) is 31.7 Å². The van der Waals surface area contributed by atoms with E-state index >= 15 is 0 Å². The first-order chi connectivity index (χ1) is 9.86. The van der Waals surface area contributed by atoms with Crippen molar-refractivity contribution in [3.8, 4) is 6.07 Å². The van der Waals surface area contributed by atoms with Crippen LogP contribution < -0.4 is 4.90 Å². The van der Waals surface area contributed by atoms with E-state index in [1.807, 2.05) is 24.5 Å². The van der Waals surface area contributed by atoms with Gasteiger partial charge in [-0.3, -0.25) is 4.98 Å². The molecule has 0 amide bonds. The van der Waals surface area contributed by atoms with Crippen molar-refractivity contribution in [1.29, 1.82) is 5.26 Å². The minimum Gasteiger partial charge on any atom is -0.357 e. The van der Waals surface area contributed by atoms with E-state index in [2.05, 4.69) is 33.1 Å². The van der Waals surface area contributed by atoms with Gasteiger partial charge in [0.25, 0.3) is 0 Å². The van der Waals surface area contributed by atoms with Crippen molar-refractivity contribution in [1.82, 2.24) is 9.97 Å². The summed E-state index contributed by atoms with van der Waals surface area (Å²) in [5.74, 6) is 1.59. The monoisotopic (exact) mass is 264 g/mol. The molecule has 0 saturated carbocycles. The molecule has 100 valence electrons. The third-order valence-electron chi connectivity index (χ3n) is 3.87. The van der Waals surface area contributed by atoms with Crippen LogP contribution in [0.1, 0.15) is 29.9 Å². The first-order valence-corrected chi connectivity index (χ1v) is 6.88. The number of aromatic nitrogens is 2. The highest BCUT2D eigenvalue weighted by Gasteiger charge is 2.21. The summed E-state index contributed by atoms with van der Waals surface area (Å²) in [6.45, 7) is 2.01. The number of rotatable bonds is 2. The molecule has 20 heavy (non-hydrogen) atoms. The van der Waals surface area contributed by atoms with E-state index in [1.165, 1.54) is 5.56 Å². The Morgan fingerprint density at radius 3 is 2.45 bits per heavy atom. The van der Waals surface area contributed by atoms with Crippen molar-refractivity contribution in [2.75, 3.05) is 18.0 Å². The van der Waals surface area contributed by atoms with Gasteiger partial charge in [0, 0.05) is 31.7 Å². The van der Waals surface area contributed by atoms with Gasteiger partial charge in [-0.15, -0.1) is 0 Å². The molecule has 0 unspecified atom stereocenters. The van der Waals surface area contributed by atoms with Gasteiger partial charge in [0.1, 0.15) is 11.9 Å². The van der Waals surface area contributed by atoms with Crippen LogP contribution in [0.2, 0.25) is 0 Å². The molecule has 0 N–H and O–H groups in total. The van der Waals surface area contributed by atoms with Gasteiger partial charge >= 0.3 is 0 Å². The van der Waals surface area contributed by atoms with Crippen LogP contribution in [0.4, 0.5) is 5.82 Å². The molecule has 3 heterocycles. The minimum absolute atomic E-state index is 0.612. The fourth-order valence-electron chi connectivity index (χ4n) is 2.72. The van der Waals surface area contributed by atoms with E-state index in [9.17, 15) is 0 Å². The number of nitrogens with zero attached hydrogens (tertiary/aromatic N) is 4. The molecule has 1 aliphatic rings. The quantitative estimate of drug-likeness (QED) is 0.837. The SMILES string of the molecule is N#Cc1ccc(N2CCC(c3ccncc3)CC2)nc1. The van der Waals surface area contributed by atoms with Crippen LogP contribution in [0.15, 0.2) is 42.9 Å². The Balaban J connectivity index is 1.65. The van der Waals surface area contributed by atoms with Gasteiger partial charge in [-0.1, -0.05) is 0 Å². The van der Waals surface area contributed by atoms with E-state index in [0.29, 0.717) is 11.5 Å². The van der Waals surface area contributed by atoms with Crippen LogP contribution in [0, 0.1) is 11.3 Å². The molecule has 4 heteroatoms. The molecule has 4 nitrogen and oxygen atoms in total. The Hall–Kier alpha value is -2.41. The van der Waals surface area contributed by atoms with Crippen LogP contribution in [0.25, 0.3) is 0 Å². The van der Waals surface area contributed by atoms with E-state index in [-0.39, 0.29) is 0 Å². The Labute approximate surface area is 118 Å². The molecule has 0 spiro atoms. The number of nitriles is 1. The zero-order valence-electron chi connectivity index (χ0n) is 11.2. The molecule has 1 aliphatic heterocycles. The fraction of sp³-hybridized carbons (Fsp3) is 0.312. The molecule has 2 aromatic rings. The highest BCUT2D eigenvalue weighted by Crippen LogP contribution is 2.29. The minimum atomic E-state index is 0.612. The predicted octanol–water partition coefficient (Wildman–Crippen LogP) is 2.73. The molecule has 3 rings (SSSR count). The summed E-state index contributed by atoms with van der Waals surface area (Å²) in [4.78, 5) is 10.7. The first kappa shape index (κ1) is 12.6. The van der Waals surface area contributed by atoms with E-state index in [4.69, 9.17) is 5.26 Å². The van der Waals surface area contributed by atoms with Crippen molar-refractivity contribution in [2.45, 2.75) is 18.8 Å². The lowest BCUT2D eigenvalue weighted by Gasteiger charge is -2.33. The van der Waals surface area contributed by atoms with Crippen LogP contribution in [-0.4, -0.2) is 23.1 Å². The average Bonchev–Trinajstić information content (AvgIpc) is 2.56. The van der Waals surface area contributed by atoms with Crippen molar-refractivity contribution in [3.05, 3.63) is 54.0 Å². The van der Waals surface area contributed by atoms with Crippen LogP contribution in [0.3, 0.4) is 0 Å². The standard InChI is InChI=1S/C16H16N4/c17-11-13-1-2-16(19-12-13)20-9-5-15(6-10-20)14-3-7-18-8-4-14/h1-4,7-8,12,15H,5-6,9-10H2. The topological polar surface area (TPSA) is 52.8 Å². The van der Waals surface area contributed by atoms with Crippen molar-refractivity contribution in [3.63, 3.8) is 0 Å². The lowest BCUT2D eigenvalue weighted by atomic mass is 9.90. The van der Waals surface area contributed by atoms with E-state index < -0.39 is 0 Å². The van der Waals surface area contributed by atoms with Gasteiger partial charge in [0.2, 0.25) is 0 Å². The third-order valence-corrected chi connectivity index (χ3v) is 3.87. The van der Waals surface area contributed by atoms with Crippen LogP contribution >= 0.6 is 0 Å². The largest absolute Gasteiger partial charge is 0.357 e. The maximum Gasteiger partial charge on any atom is 0.128 e. The van der Waals surface area contributed by atoms with Gasteiger partial charge in [-0.25, -0.2) is 4.98 Å². The molecule has 0 aliphatic carbocycles. The molecule has 1 saturated heterocycles. The van der Waals surface area contributed by atoms with E-state index in [1.54, 1.807) is 6.20 Å². The zero-order chi connectivity index (χ0) is 13.8. The van der Waals surface area contributed by atoms with Gasteiger partial charge < -0.3 is 4.90 Å². The Kier molecular flexibility index (Phi) is 3.60. The fourth-order valence-corrected chi connectivity index (χ4v) is 2.72. The van der Waals surface area contributed by atoms with Gasteiger partial charge in [-0.2, -0.15) is 5.26 Å². The molecule has 2 aromatic heterocycles. The Morgan fingerprint density at radius 1 is 1.10 bits per heavy atom. The highest BCUT2D eigenvalue weighted by molar-refractivity contribution is 5.42. The first-order valence-electron chi connectivity index (χ1n) is 6.88. The molecular formula is C16H16N4. The maximum absolute atomic E-state index is 8.79. The maximum atomic E-state index is 8.79. The lowest BCUT2D eigenvalue weighted by molar-refractivity contribution is 0.502. The molecule has 1 fully saturated rings. The summed E-state index contributed by atoms with van der Waals surface area (Å²) in [7, 11) is 0. The molecular weight excluding hydrogens is 248 g/mol. The predicted molar refractivity (Wildman–Crippen MR) is 77.4 cm³/mol. The second-order valence-electron chi connectivity index (χ2n) is 5.06. The van der Waals surface area contributed by atoms with Gasteiger partial charge in [0.15, 0.2) is 0 Å². The Morgan fingerprint density at radius 2 is 1.85 bits per heavy atom. The number of hydrogen-bond donors (Lipinski definition) is 0. The zero-order valence-corrected chi connectivity index (χ0v) is 11.2. The Bertz CT molecular complexity index is 593. The van der Waals surface area contributed by atoms with Gasteiger partial charge in [0.05, 0.1) is 5.56 Å². The third kappa shape index (κ3) is 2.62. The summed E-state index contributed by atoms with van der Waals surface area (Å²) in [5.41, 5.74) is 1.99. The molecule has 0 radical (unpaired) electrons. The summed E-state index contributed by atoms with van der Waals surface area (Å²) in [5, 5.41) is 8.79. The number of piperidine rings is 1. The van der Waals surface area contributed by atoms with Crippen LogP contribution in [0.5, 0.6) is 0 Å². The number of anilines is 1.